The number of nitrogen functional groups attached to an aromatic ring is 1. The predicted molar refractivity (Wildman–Crippen MR) is 63.8 cm³/mol. The highest BCUT2D eigenvalue weighted by molar-refractivity contribution is 5.67. The monoisotopic (exact) mass is 246 g/mol. The Morgan fingerprint density at radius 2 is 1.94 bits per heavy atom. The van der Waals surface area contributed by atoms with Gasteiger partial charge in [0.15, 0.2) is 0 Å². The van der Waals surface area contributed by atoms with Gasteiger partial charge in [-0.3, -0.25) is 0 Å². The smallest absolute Gasteiger partial charge is 0.397 e. The van der Waals surface area contributed by atoms with Crippen molar-refractivity contribution in [2.24, 2.45) is 5.92 Å². The first kappa shape index (κ1) is 13.7. The third kappa shape index (κ3) is 4.17. The molecule has 5 heteroatoms. The summed E-state index contributed by atoms with van der Waals surface area (Å²) in [6, 6.07) is 3.37. The van der Waals surface area contributed by atoms with E-state index in [0.29, 0.717) is 18.2 Å². The van der Waals surface area contributed by atoms with Crippen LogP contribution in [0.4, 0.5) is 24.5 Å². The third-order valence-electron chi connectivity index (χ3n) is 2.42. The predicted octanol–water partition coefficient (Wildman–Crippen LogP) is 3.75. The van der Waals surface area contributed by atoms with Gasteiger partial charge in [-0.1, -0.05) is 13.8 Å². The van der Waals surface area contributed by atoms with Gasteiger partial charge in [0.25, 0.3) is 0 Å². The van der Waals surface area contributed by atoms with Crippen LogP contribution in [0.15, 0.2) is 18.2 Å². The van der Waals surface area contributed by atoms with Gasteiger partial charge in [0.1, 0.15) is 0 Å². The molecule has 0 aromatic heterocycles. The van der Waals surface area contributed by atoms with Crippen molar-refractivity contribution in [2.45, 2.75) is 26.4 Å². The van der Waals surface area contributed by atoms with Crippen LogP contribution in [-0.2, 0) is 6.18 Å². The number of nitrogens with two attached hydrogens (primary N) is 1. The van der Waals surface area contributed by atoms with E-state index in [-0.39, 0.29) is 5.69 Å². The molecule has 96 valence electrons. The van der Waals surface area contributed by atoms with E-state index in [1.165, 1.54) is 6.07 Å². The number of hydrogen-bond acceptors (Lipinski definition) is 2. The summed E-state index contributed by atoms with van der Waals surface area (Å²) in [6.07, 6.45) is -3.40. The quantitative estimate of drug-likeness (QED) is 0.794. The van der Waals surface area contributed by atoms with Crippen molar-refractivity contribution in [3.8, 4) is 0 Å². The molecule has 0 aliphatic heterocycles. The molecule has 3 N–H and O–H groups in total. The maximum absolute atomic E-state index is 12.4. The summed E-state index contributed by atoms with van der Waals surface area (Å²) in [4.78, 5) is 0. The van der Waals surface area contributed by atoms with E-state index in [0.717, 1.165) is 18.6 Å². The topological polar surface area (TPSA) is 38.0 Å². The summed E-state index contributed by atoms with van der Waals surface area (Å²) >= 11 is 0. The summed E-state index contributed by atoms with van der Waals surface area (Å²) < 4.78 is 37.1. The fourth-order valence-corrected chi connectivity index (χ4v) is 1.40. The molecule has 0 radical (unpaired) electrons. The minimum absolute atomic E-state index is 0.128. The standard InChI is InChI=1S/C12H17F3N2/c1-8(2)5-6-17-11-4-3-9(7-10(11)16)12(13,14)15/h3-4,7-8,17H,5-6,16H2,1-2H3. The molecule has 1 aromatic carbocycles. The lowest BCUT2D eigenvalue weighted by Gasteiger charge is -2.13. The van der Waals surface area contributed by atoms with Gasteiger partial charge in [0.2, 0.25) is 0 Å². The Hall–Kier alpha value is -1.39. The zero-order valence-electron chi connectivity index (χ0n) is 9.93. The second-order valence-corrected chi connectivity index (χ2v) is 4.41. The zero-order chi connectivity index (χ0) is 13.1. The van der Waals surface area contributed by atoms with Crippen LogP contribution >= 0.6 is 0 Å². The van der Waals surface area contributed by atoms with Gasteiger partial charge in [0.05, 0.1) is 16.9 Å². The number of nitrogens with one attached hydrogen (secondary N) is 1. The van der Waals surface area contributed by atoms with Crippen LogP contribution in [0.1, 0.15) is 25.8 Å². The lowest BCUT2D eigenvalue weighted by Crippen LogP contribution is -2.09. The maximum Gasteiger partial charge on any atom is 0.416 e. The summed E-state index contributed by atoms with van der Waals surface area (Å²) in [5.41, 5.74) is 5.54. The van der Waals surface area contributed by atoms with Crippen molar-refractivity contribution in [1.29, 1.82) is 0 Å². The molecule has 2 nitrogen and oxygen atoms in total. The molecule has 0 spiro atoms. The molecular weight excluding hydrogens is 229 g/mol. The zero-order valence-corrected chi connectivity index (χ0v) is 9.93. The number of alkyl halides is 3. The number of anilines is 2. The average molecular weight is 246 g/mol. The normalized spacial score (nSPS) is 11.9. The van der Waals surface area contributed by atoms with Crippen LogP contribution < -0.4 is 11.1 Å². The van der Waals surface area contributed by atoms with Crippen molar-refractivity contribution in [2.75, 3.05) is 17.6 Å². The minimum atomic E-state index is -4.34. The lowest BCUT2D eigenvalue weighted by molar-refractivity contribution is -0.137. The highest BCUT2D eigenvalue weighted by atomic mass is 19.4. The molecule has 17 heavy (non-hydrogen) atoms. The van der Waals surface area contributed by atoms with Gasteiger partial charge < -0.3 is 11.1 Å². The first-order chi connectivity index (χ1) is 7.80. The lowest BCUT2D eigenvalue weighted by atomic mass is 10.1. The number of benzene rings is 1. The van der Waals surface area contributed by atoms with Crippen LogP contribution in [-0.4, -0.2) is 6.54 Å². The Kier molecular flexibility index (Phi) is 4.26. The maximum atomic E-state index is 12.4. The van der Waals surface area contributed by atoms with Crippen LogP contribution in [0.2, 0.25) is 0 Å². The van der Waals surface area contributed by atoms with Gasteiger partial charge >= 0.3 is 6.18 Å². The molecule has 0 atom stereocenters. The minimum Gasteiger partial charge on any atom is -0.397 e. The van der Waals surface area contributed by atoms with Crippen molar-refractivity contribution >= 4 is 11.4 Å². The summed E-state index contributed by atoms with van der Waals surface area (Å²) in [5, 5.41) is 3.03. The highest BCUT2D eigenvalue weighted by Crippen LogP contribution is 2.32. The fraction of sp³-hybridized carbons (Fsp3) is 0.500. The van der Waals surface area contributed by atoms with Crippen molar-refractivity contribution in [1.82, 2.24) is 0 Å². The Morgan fingerprint density at radius 3 is 2.41 bits per heavy atom. The van der Waals surface area contributed by atoms with Crippen molar-refractivity contribution in [3.05, 3.63) is 23.8 Å². The van der Waals surface area contributed by atoms with E-state index in [1.54, 1.807) is 0 Å². The largest absolute Gasteiger partial charge is 0.416 e. The van der Waals surface area contributed by atoms with Crippen molar-refractivity contribution < 1.29 is 13.2 Å². The van der Waals surface area contributed by atoms with E-state index in [2.05, 4.69) is 19.2 Å². The van der Waals surface area contributed by atoms with E-state index in [4.69, 9.17) is 5.73 Å². The second-order valence-electron chi connectivity index (χ2n) is 4.41. The molecule has 0 saturated carbocycles. The van der Waals surface area contributed by atoms with E-state index >= 15 is 0 Å². The number of hydrogen-bond donors (Lipinski definition) is 2. The van der Waals surface area contributed by atoms with Crippen LogP contribution in [0.5, 0.6) is 0 Å². The van der Waals surface area contributed by atoms with Gasteiger partial charge in [-0.05, 0) is 30.5 Å². The SMILES string of the molecule is CC(C)CCNc1ccc(C(F)(F)F)cc1N. The molecular formula is C12H17F3N2. The van der Waals surface area contributed by atoms with Crippen LogP contribution in [0.3, 0.4) is 0 Å². The molecule has 0 bridgehead atoms. The van der Waals surface area contributed by atoms with Gasteiger partial charge in [-0.25, -0.2) is 0 Å². The first-order valence-corrected chi connectivity index (χ1v) is 5.51. The molecule has 0 saturated heterocycles. The Morgan fingerprint density at radius 1 is 1.29 bits per heavy atom. The molecule has 0 aliphatic rings. The first-order valence-electron chi connectivity index (χ1n) is 5.51. The number of halogens is 3. The molecule has 0 unspecified atom stereocenters. The van der Waals surface area contributed by atoms with E-state index in [9.17, 15) is 13.2 Å². The van der Waals surface area contributed by atoms with E-state index in [1.807, 2.05) is 0 Å². The van der Waals surface area contributed by atoms with Crippen LogP contribution in [0.25, 0.3) is 0 Å². The molecule has 0 fully saturated rings. The van der Waals surface area contributed by atoms with Crippen molar-refractivity contribution in [3.63, 3.8) is 0 Å². The highest BCUT2D eigenvalue weighted by Gasteiger charge is 2.30. The molecule has 1 rings (SSSR count). The molecule has 0 aliphatic carbocycles. The molecule has 0 heterocycles. The second kappa shape index (κ2) is 5.29. The van der Waals surface area contributed by atoms with Gasteiger partial charge in [-0.15, -0.1) is 0 Å². The summed E-state index contributed by atoms with van der Waals surface area (Å²) in [7, 11) is 0. The van der Waals surface area contributed by atoms with Crippen LogP contribution in [0, 0.1) is 5.92 Å². The molecule has 0 amide bonds. The van der Waals surface area contributed by atoms with E-state index < -0.39 is 11.7 Å². The summed E-state index contributed by atoms with van der Waals surface area (Å²) in [6.45, 7) is 4.86. The molecule has 1 aromatic rings. The Balaban J connectivity index is 2.70. The fourth-order valence-electron chi connectivity index (χ4n) is 1.40. The number of rotatable bonds is 4. The Labute approximate surface area is 99.0 Å². The van der Waals surface area contributed by atoms with Gasteiger partial charge in [0, 0.05) is 6.54 Å². The third-order valence-corrected chi connectivity index (χ3v) is 2.42. The summed E-state index contributed by atoms with van der Waals surface area (Å²) in [5.74, 6) is 0.540. The van der Waals surface area contributed by atoms with Gasteiger partial charge in [-0.2, -0.15) is 13.2 Å². The Bertz CT molecular complexity index is 373. The average Bonchev–Trinajstić information content (AvgIpc) is 2.18.